The number of aryl methyl sites for hydroxylation is 1. The van der Waals surface area contributed by atoms with Crippen LogP contribution in [-0.2, 0) is 6.18 Å². The number of rotatable bonds is 3. The van der Waals surface area contributed by atoms with E-state index in [1.165, 1.54) is 6.92 Å². The Bertz CT molecular complexity index is 1020. The summed E-state index contributed by atoms with van der Waals surface area (Å²) in [4.78, 5) is -0.198. The van der Waals surface area contributed by atoms with Crippen molar-refractivity contribution in [2.45, 2.75) is 23.5 Å². The maximum Gasteiger partial charge on any atom is 0.446 e. The molecule has 11 heteroatoms. The highest BCUT2D eigenvalue weighted by molar-refractivity contribution is 8.00. The Morgan fingerprint density at radius 3 is 1.97 bits per heavy atom. The molecular weight excluding hydrogens is 461 g/mol. The molecule has 0 spiro atoms. The largest absolute Gasteiger partial charge is 0.446 e. The maximum absolute atomic E-state index is 13.1. The first-order valence-electron chi connectivity index (χ1n) is 7.86. The van der Waals surface area contributed by atoms with Gasteiger partial charge in [-0.2, -0.15) is 31.4 Å². The number of alkyl halides is 6. The van der Waals surface area contributed by atoms with Gasteiger partial charge < -0.3 is 0 Å². The van der Waals surface area contributed by atoms with Gasteiger partial charge in [0.1, 0.15) is 5.69 Å². The van der Waals surface area contributed by atoms with Crippen LogP contribution >= 0.6 is 35.0 Å². The smallest absolute Gasteiger partial charge is 0.229 e. The van der Waals surface area contributed by atoms with Crippen LogP contribution in [0.15, 0.2) is 47.4 Å². The van der Waals surface area contributed by atoms with Gasteiger partial charge in [-0.15, -0.1) is 0 Å². The molecule has 29 heavy (non-hydrogen) atoms. The molecule has 0 saturated carbocycles. The van der Waals surface area contributed by atoms with Gasteiger partial charge >= 0.3 is 11.7 Å². The monoisotopic (exact) mass is 470 g/mol. The molecule has 0 aliphatic heterocycles. The van der Waals surface area contributed by atoms with E-state index in [0.29, 0.717) is 17.7 Å². The number of hydrogen-bond acceptors (Lipinski definition) is 2. The highest BCUT2D eigenvalue weighted by atomic mass is 35.5. The van der Waals surface area contributed by atoms with Crippen LogP contribution in [0.4, 0.5) is 26.3 Å². The van der Waals surface area contributed by atoms with Gasteiger partial charge in [-0.05, 0) is 30.8 Å². The fourth-order valence-electron chi connectivity index (χ4n) is 2.69. The summed E-state index contributed by atoms with van der Waals surface area (Å²) < 4.78 is 79.4. The van der Waals surface area contributed by atoms with Crippen molar-refractivity contribution in [1.29, 1.82) is 0 Å². The molecule has 0 N–H and O–H groups in total. The molecule has 154 valence electrons. The maximum atomic E-state index is 13.1. The molecule has 2 nitrogen and oxygen atoms in total. The molecular formula is C18H10Cl2F6N2S. The van der Waals surface area contributed by atoms with E-state index >= 15 is 0 Å². The van der Waals surface area contributed by atoms with Crippen LogP contribution in [0.3, 0.4) is 0 Å². The van der Waals surface area contributed by atoms with Gasteiger partial charge in [0.2, 0.25) is 0 Å². The highest BCUT2D eigenvalue weighted by Crippen LogP contribution is 2.46. The van der Waals surface area contributed by atoms with Gasteiger partial charge in [-0.3, -0.25) is 0 Å². The van der Waals surface area contributed by atoms with E-state index in [4.69, 9.17) is 23.2 Å². The summed E-state index contributed by atoms with van der Waals surface area (Å²) >= 11 is 11.7. The number of hydrogen-bond donors (Lipinski definition) is 0. The predicted octanol–water partition coefficient (Wildman–Crippen LogP) is 7.79. The number of thioether (sulfide) groups is 1. The lowest BCUT2D eigenvalue weighted by Crippen LogP contribution is -2.08. The predicted molar refractivity (Wildman–Crippen MR) is 101 cm³/mol. The van der Waals surface area contributed by atoms with Crippen molar-refractivity contribution in [3.8, 4) is 16.9 Å². The lowest BCUT2D eigenvalue weighted by molar-refractivity contribution is -0.137. The summed E-state index contributed by atoms with van der Waals surface area (Å²) in [6.07, 6.45) is -4.69. The zero-order valence-electron chi connectivity index (χ0n) is 14.4. The van der Waals surface area contributed by atoms with E-state index in [0.717, 1.165) is 4.68 Å². The molecule has 0 bridgehead atoms. The summed E-state index contributed by atoms with van der Waals surface area (Å²) in [6, 6.07) is 9.32. The molecule has 0 saturated heterocycles. The summed E-state index contributed by atoms with van der Waals surface area (Å²) in [7, 11) is 0. The number of aromatic nitrogens is 2. The van der Waals surface area contributed by atoms with Crippen molar-refractivity contribution >= 4 is 35.0 Å². The Hall–Kier alpha value is -1.84. The minimum Gasteiger partial charge on any atom is -0.229 e. The minimum atomic E-state index is -4.69. The second kappa shape index (κ2) is 7.77. The van der Waals surface area contributed by atoms with E-state index in [1.54, 1.807) is 30.3 Å². The Labute approximate surface area is 175 Å². The fourth-order valence-corrected chi connectivity index (χ4v) is 4.06. The Balaban J connectivity index is 2.30. The normalized spacial score (nSPS) is 12.4. The van der Waals surface area contributed by atoms with Gasteiger partial charge in [0.25, 0.3) is 0 Å². The quantitative estimate of drug-likeness (QED) is 0.287. The molecule has 3 aromatic rings. The minimum absolute atomic E-state index is 0.0222. The second-order valence-corrected chi connectivity index (χ2v) is 7.76. The summed E-state index contributed by atoms with van der Waals surface area (Å²) in [5, 5.41) is 3.31. The Morgan fingerprint density at radius 1 is 0.931 bits per heavy atom. The number of benzene rings is 2. The molecule has 0 radical (unpaired) electrons. The third-order valence-corrected chi connectivity index (χ3v) is 5.33. The topological polar surface area (TPSA) is 17.8 Å². The average Bonchev–Trinajstić information content (AvgIpc) is 2.88. The van der Waals surface area contributed by atoms with Crippen LogP contribution in [0.2, 0.25) is 10.0 Å². The van der Waals surface area contributed by atoms with Gasteiger partial charge in [0.05, 0.1) is 31.9 Å². The molecule has 3 rings (SSSR count). The molecule has 0 fully saturated rings. The van der Waals surface area contributed by atoms with E-state index in [-0.39, 0.29) is 33.7 Å². The Morgan fingerprint density at radius 2 is 1.48 bits per heavy atom. The van der Waals surface area contributed by atoms with E-state index in [9.17, 15) is 26.3 Å². The van der Waals surface area contributed by atoms with Crippen molar-refractivity contribution in [1.82, 2.24) is 9.78 Å². The zero-order valence-corrected chi connectivity index (χ0v) is 16.7. The van der Waals surface area contributed by atoms with Crippen molar-refractivity contribution in [2.24, 2.45) is 0 Å². The molecule has 1 heterocycles. The van der Waals surface area contributed by atoms with Crippen molar-refractivity contribution in [2.75, 3.05) is 0 Å². The SMILES string of the molecule is Cc1nn(-c2c(Cl)cc(C(F)(F)F)cc2Cl)c(-c2ccccc2)c1SC(F)(F)F. The van der Waals surface area contributed by atoms with E-state index in [1.807, 2.05) is 0 Å². The van der Waals surface area contributed by atoms with Gasteiger partial charge in [-0.25, -0.2) is 4.68 Å². The average molecular weight is 471 g/mol. The van der Waals surface area contributed by atoms with Crippen molar-refractivity contribution < 1.29 is 26.3 Å². The lowest BCUT2D eigenvalue weighted by Gasteiger charge is -2.15. The molecule has 0 aliphatic carbocycles. The van der Waals surface area contributed by atoms with Crippen LogP contribution in [0.25, 0.3) is 16.9 Å². The van der Waals surface area contributed by atoms with Crippen molar-refractivity contribution in [3.63, 3.8) is 0 Å². The fraction of sp³-hybridized carbons (Fsp3) is 0.167. The molecule has 0 aliphatic rings. The zero-order chi connectivity index (χ0) is 21.6. The van der Waals surface area contributed by atoms with E-state index in [2.05, 4.69) is 5.10 Å². The summed E-state index contributed by atoms with van der Waals surface area (Å²) in [5.41, 5.74) is -5.40. The second-order valence-electron chi connectivity index (χ2n) is 5.88. The molecule has 0 unspecified atom stereocenters. The van der Waals surface area contributed by atoms with Gasteiger partial charge in [0.15, 0.2) is 0 Å². The third-order valence-electron chi connectivity index (χ3n) is 3.83. The summed E-state index contributed by atoms with van der Waals surface area (Å²) in [5.74, 6) is 0. The Kier molecular flexibility index (Phi) is 5.86. The number of halogens is 8. The van der Waals surface area contributed by atoms with Gasteiger partial charge in [-0.1, -0.05) is 53.5 Å². The van der Waals surface area contributed by atoms with Crippen molar-refractivity contribution in [3.05, 3.63) is 63.8 Å². The first kappa shape index (κ1) is 21.9. The number of nitrogens with zero attached hydrogens (tertiary/aromatic N) is 2. The third kappa shape index (κ3) is 4.67. The first-order chi connectivity index (χ1) is 13.4. The summed E-state index contributed by atoms with van der Waals surface area (Å²) in [6.45, 7) is 1.36. The first-order valence-corrected chi connectivity index (χ1v) is 9.43. The standard InChI is InChI=1S/C18H10Cl2F6N2S/c1-9-16(29-18(24,25)26)14(10-5-3-2-4-6-10)28(27-9)15-12(19)7-11(8-13(15)20)17(21,22)23/h2-8H,1H3. The van der Waals surface area contributed by atoms with E-state index < -0.39 is 27.3 Å². The van der Waals surface area contributed by atoms with Crippen LogP contribution in [0.5, 0.6) is 0 Å². The molecule has 2 aromatic carbocycles. The highest BCUT2D eigenvalue weighted by Gasteiger charge is 2.36. The van der Waals surface area contributed by atoms with Crippen LogP contribution in [0, 0.1) is 6.92 Å². The lowest BCUT2D eigenvalue weighted by atomic mass is 10.1. The molecule has 1 aromatic heterocycles. The van der Waals surface area contributed by atoms with Gasteiger partial charge in [0, 0.05) is 5.56 Å². The molecule has 0 amide bonds. The molecule has 0 atom stereocenters. The van der Waals surface area contributed by atoms with Crippen LogP contribution in [-0.4, -0.2) is 15.3 Å². The van der Waals surface area contributed by atoms with Crippen LogP contribution in [0.1, 0.15) is 11.3 Å². The van der Waals surface area contributed by atoms with Crippen LogP contribution < -0.4 is 0 Å².